The van der Waals surface area contributed by atoms with Gasteiger partial charge in [0.2, 0.25) is 0 Å². The van der Waals surface area contributed by atoms with E-state index in [1.54, 1.807) is 20.1 Å². The molecule has 2 aromatic carbocycles. The van der Waals surface area contributed by atoms with E-state index in [2.05, 4.69) is 5.16 Å². The molecule has 112 valence electrons. The SMILES string of the molecule is CCOC(=O)c1cc(-c2ccc3ccccc3c2OC)on1. The molecule has 0 spiro atoms. The van der Waals surface area contributed by atoms with Gasteiger partial charge < -0.3 is 14.0 Å². The second-order valence-electron chi connectivity index (χ2n) is 4.66. The molecular weight excluding hydrogens is 282 g/mol. The minimum absolute atomic E-state index is 0.145. The Labute approximate surface area is 127 Å². The Kier molecular flexibility index (Phi) is 3.78. The Morgan fingerprint density at radius 3 is 2.82 bits per heavy atom. The summed E-state index contributed by atoms with van der Waals surface area (Å²) in [6.45, 7) is 2.03. The number of methoxy groups -OCH3 is 1. The third-order valence-corrected chi connectivity index (χ3v) is 3.34. The fourth-order valence-electron chi connectivity index (χ4n) is 2.36. The van der Waals surface area contributed by atoms with Crippen LogP contribution in [-0.4, -0.2) is 24.8 Å². The molecule has 5 nitrogen and oxygen atoms in total. The monoisotopic (exact) mass is 297 g/mol. The van der Waals surface area contributed by atoms with Crippen LogP contribution in [0.4, 0.5) is 0 Å². The van der Waals surface area contributed by atoms with Gasteiger partial charge in [0.15, 0.2) is 11.5 Å². The van der Waals surface area contributed by atoms with Crippen molar-refractivity contribution < 1.29 is 18.8 Å². The number of ether oxygens (including phenoxy) is 2. The van der Waals surface area contributed by atoms with Crippen LogP contribution >= 0.6 is 0 Å². The first-order valence-corrected chi connectivity index (χ1v) is 6.94. The summed E-state index contributed by atoms with van der Waals surface area (Å²) in [5.41, 5.74) is 0.885. The number of carbonyl (C=O) groups is 1. The second-order valence-corrected chi connectivity index (χ2v) is 4.66. The van der Waals surface area contributed by atoms with Crippen molar-refractivity contribution in [2.75, 3.05) is 13.7 Å². The van der Waals surface area contributed by atoms with Crippen LogP contribution in [0.15, 0.2) is 47.0 Å². The molecule has 0 aliphatic heterocycles. The van der Waals surface area contributed by atoms with Crippen molar-refractivity contribution in [1.82, 2.24) is 5.16 Å². The zero-order chi connectivity index (χ0) is 15.5. The first-order chi connectivity index (χ1) is 10.7. The highest BCUT2D eigenvalue weighted by atomic mass is 16.5. The van der Waals surface area contributed by atoms with Crippen molar-refractivity contribution in [2.24, 2.45) is 0 Å². The quantitative estimate of drug-likeness (QED) is 0.687. The summed E-state index contributed by atoms with van der Waals surface area (Å²) in [7, 11) is 1.61. The summed E-state index contributed by atoms with van der Waals surface area (Å²) in [6.07, 6.45) is 0. The van der Waals surface area contributed by atoms with E-state index in [1.165, 1.54) is 0 Å². The average Bonchev–Trinajstić information content (AvgIpc) is 3.04. The number of aromatic nitrogens is 1. The van der Waals surface area contributed by atoms with Crippen molar-refractivity contribution in [3.05, 3.63) is 48.2 Å². The Bertz CT molecular complexity index is 822. The maximum absolute atomic E-state index is 11.7. The number of nitrogens with zero attached hydrogens (tertiary/aromatic N) is 1. The predicted octanol–water partition coefficient (Wildman–Crippen LogP) is 3.68. The lowest BCUT2D eigenvalue weighted by Crippen LogP contribution is -2.04. The molecule has 0 saturated heterocycles. The summed E-state index contributed by atoms with van der Waals surface area (Å²) in [5, 5.41) is 5.79. The van der Waals surface area contributed by atoms with Crippen LogP contribution in [0.2, 0.25) is 0 Å². The summed E-state index contributed by atoms with van der Waals surface area (Å²) < 4.78 is 15.7. The van der Waals surface area contributed by atoms with Gasteiger partial charge in [-0.05, 0) is 18.4 Å². The number of benzene rings is 2. The molecule has 3 rings (SSSR count). The van der Waals surface area contributed by atoms with Gasteiger partial charge in [0.05, 0.1) is 19.3 Å². The van der Waals surface area contributed by atoms with Crippen LogP contribution in [-0.2, 0) is 4.74 Å². The highest BCUT2D eigenvalue weighted by Crippen LogP contribution is 2.36. The molecule has 5 heteroatoms. The van der Waals surface area contributed by atoms with Crippen LogP contribution < -0.4 is 4.74 Å². The smallest absolute Gasteiger partial charge is 0.360 e. The summed E-state index contributed by atoms with van der Waals surface area (Å²) in [6, 6.07) is 13.3. The Hall–Kier alpha value is -2.82. The molecule has 3 aromatic rings. The van der Waals surface area contributed by atoms with E-state index in [0.29, 0.717) is 18.1 Å². The highest BCUT2D eigenvalue weighted by molar-refractivity contribution is 5.95. The van der Waals surface area contributed by atoms with Gasteiger partial charge in [0.1, 0.15) is 5.75 Å². The standard InChI is InChI=1S/C17H15NO4/c1-3-21-17(19)14-10-15(22-18-14)13-9-8-11-6-4-5-7-12(11)16(13)20-2/h4-10H,3H2,1-2H3. The van der Waals surface area contributed by atoms with Gasteiger partial charge >= 0.3 is 5.97 Å². The minimum Gasteiger partial charge on any atom is -0.495 e. The number of hydrogen-bond donors (Lipinski definition) is 0. The lowest BCUT2D eigenvalue weighted by atomic mass is 10.0. The van der Waals surface area contributed by atoms with Crippen LogP contribution in [0.5, 0.6) is 5.75 Å². The largest absolute Gasteiger partial charge is 0.495 e. The summed E-state index contributed by atoms with van der Waals surface area (Å²) >= 11 is 0. The molecule has 0 atom stereocenters. The summed E-state index contributed by atoms with van der Waals surface area (Å²) in [4.78, 5) is 11.7. The van der Waals surface area contributed by atoms with Crippen molar-refractivity contribution in [3.63, 3.8) is 0 Å². The molecule has 22 heavy (non-hydrogen) atoms. The van der Waals surface area contributed by atoms with Gasteiger partial charge in [-0.2, -0.15) is 0 Å². The topological polar surface area (TPSA) is 61.6 Å². The summed E-state index contributed by atoms with van der Waals surface area (Å²) in [5.74, 6) is 0.646. The normalized spacial score (nSPS) is 10.6. The van der Waals surface area contributed by atoms with Gasteiger partial charge in [-0.3, -0.25) is 0 Å². The zero-order valence-electron chi connectivity index (χ0n) is 12.3. The average molecular weight is 297 g/mol. The second kappa shape index (κ2) is 5.89. The molecule has 0 fully saturated rings. The fourth-order valence-corrected chi connectivity index (χ4v) is 2.36. The van der Waals surface area contributed by atoms with E-state index >= 15 is 0 Å². The Morgan fingerprint density at radius 2 is 2.05 bits per heavy atom. The Balaban J connectivity index is 2.08. The van der Waals surface area contributed by atoms with Crippen LogP contribution in [0, 0.1) is 0 Å². The van der Waals surface area contributed by atoms with Gasteiger partial charge in [0, 0.05) is 11.5 Å². The third-order valence-electron chi connectivity index (χ3n) is 3.34. The molecule has 1 aromatic heterocycles. The predicted molar refractivity (Wildman–Crippen MR) is 82.0 cm³/mol. The van der Waals surface area contributed by atoms with E-state index in [1.807, 2.05) is 36.4 Å². The van der Waals surface area contributed by atoms with E-state index in [4.69, 9.17) is 14.0 Å². The molecule has 0 aliphatic rings. The van der Waals surface area contributed by atoms with Crippen molar-refractivity contribution in [2.45, 2.75) is 6.92 Å². The molecule has 0 radical (unpaired) electrons. The van der Waals surface area contributed by atoms with E-state index in [0.717, 1.165) is 16.3 Å². The number of rotatable bonds is 4. The molecule has 0 N–H and O–H groups in total. The lowest BCUT2D eigenvalue weighted by Gasteiger charge is -2.09. The lowest BCUT2D eigenvalue weighted by molar-refractivity contribution is 0.0514. The van der Waals surface area contributed by atoms with Gasteiger partial charge in [-0.15, -0.1) is 0 Å². The zero-order valence-corrected chi connectivity index (χ0v) is 12.3. The maximum Gasteiger partial charge on any atom is 0.360 e. The van der Waals surface area contributed by atoms with Crippen molar-refractivity contribution >= 4 is 16.7 Å². The highest BCUT2D eigenvalue weighted by Gasteiger charge is 2.18. The van der Waals surface area contributed by atoms with E-state index < -0.39 is 5.97 Å². The molecular formula is C17H15NO4. The van der Waals surface area contributed by atoms with Gasteiger partial charge in [0.25, 0.3) is 0 Å². The number of hydrogen-bond acceptors (Lipinski definition) is 5. The van der Waals surface area contributed by atoms with E-state index in [-0.39, 0.29) is 5.69 Å². The molecule has 1 heterocycles. The molecule has 0 saturated carbocycles. The molecule has 0 aliphatic carbocycles. The minimum atomic E-state index is -0.503. The maximum atomic E-state index is 11.7. The van der Waals surface area contributed by atoms with Crippen molar-refractivity contribution in [3.8, 4) is 17.1 Å². The van der Waals surface area contributed by atoms with E-state index in [9.17, 15) is 4.79 Å². The van der Waals surface area contributed by atoms with Crippen LogP contribution in [0.25, 0.3) is 22.1 Å². The molecule has 0 unspecified atom stereocenters. The number of esters is 1. The molecule has 0 amide bonds. The number of carbonyl (C=O) groups excluding carboxylic acids is 1. The van der Waals surface area contributed by atoms with Crippen LogP contribution in [0.3, 0.4) is 0 Å². The number of fused-ring (bicyclic) bond motifs is 1. The fraction of sp³-hybridized carbons (Fsp3) is 0.176. The third kappa shape index (κ3) is 2.41. The van der Waals surface area contributed by atoms with Gasteiger partial charge in [-0.25, -0.2) is 4.79 Å². The van der Waals surface area contributed by atoms with Crippen molar-refractivity contribution in [1.29, 1.82) is 0 Å². The Morgan fingerprint density at radius 1 is 1.23 bits per heavy atom. The molecule has 0 bridgehead atoms. The first-order valence-electron chi connectivity index (χ1n) is 6.94. The van der Waals surface area contributed by atoms with Crippen LogP contribution in [0.1, 0.15) is 17.4 Å². The van der Waals surface area contributed by atoms with Gasteiger partial charge in [-0.1, -0.05) is 35.5 Å². The first kappa shape index (κ1) is 14.1.